The van der Waals surface area contributed by atoms with E-state index in [2.05, 4.69) is 5.32 Å². The number of rotatable bonds is 4. The number of carbonyl (C=O) groups is 2. The summed E-state index contributed by atoms with van der Waals surface area (Å²) < 4.78 is 5.16. The molecule has 82 valence electrons. The van der Waals surface area contributed by atoms with Crippen molar-refractivity contribution < 1.29 is 14.3 Å². The van der Waals surface area contributed by atoms with Crippen molar-refractivity contribution in [3.8, 4) is 0 Å². The molecule has 1 aromatic rings. The Kier molecular flexibility index (Phi) is 4.26. The molecule has 0 aliphatic heterocycles. The molecule has 1 heterocycles. The highest BCUT2D eigenvalue weighted by Crippen LogP contribution is 2.18. The molecule has 0 bridgehead atoms. The summed E-state index contributed by atoms with van der Waals surface area (Å²) >= 11 is 1.54. The van der Waals surface area contributed by atoms with Crippen molar-refractivity contribution in [3.63, 3.8) is 0 Å². The van der Waals surface area contributed by atoms with E-state index in [1.807, 2.05) is 16.8 Å². The molecule has 0 radical (unpaired) electrons. The van der Waals surface area contributed by atoms with Gasteiger partial charge in [0.25, 0.3) is 0 Å². The molecular weight excluding hydrogens is 216 g/mol. The summed E-state index contributed by atoms with van der Waals surface area (Å²) in [5.41, 5.74) is 5.76. The van der Waals surface area contributed by atoms with Gasteiger partial charge in [0.05, 0.1) is 0 Å². The lowest BCUT2D eigenvalue weighted by Gasteiger charge is -2.13. The minimum Gasteiger partial charge on any atom is -0.375 e. The number of hydrogen-bond acceptors (Lipinski definition) is 4. The third-order valence-corrected chi connectivity index (χ3v) is 2.57. The maximum absolute atomic E-state index is 10.9. The molecule has 0 fully saturated rings. The largest absolute Gasteiger partial charge is 0.375 e. The number of ether oxygens (including phenoxy) is 1. The second-order valence-corrected chi connectivity index (χ2v) is 3.64. The predicted octanol–water partition coefficient (Wildman–Crippen LogP) is 0.0371. The molecule has 0 aliphatic carbocycles. The lowest BCUT2D eigenvalue weighted by atomic mass is 10.2. The second-order valence-electron chi connectivity index (χ2n) is 2.86. The standard InChI is InChI=1S/C9H12N2O3S/c1-14-7(6-2-3-15-5-6)4-11-9(13)8(10)12/h2-3,5,7H,4H2,1H3,(H2,10,12)(H,11,13). The third-order valence-electron chi connectivity index (χ3n) is 1.87. The lowest BCUT2D eigenvalue weighted by molar-refractivity contribution is -0.137. The van der Waals surface area contributed by atoms with Crippen LogP contribution in [0.1, 0.15) is 11.7 Å². The minimum atomic E-state index is -0.991. The van der Waals surface area contributed by atoms with Crippen molar-refractivity contribution in [2.75, 3.05) is 13.7 Å². The Morgan fingerprint density at radius 2 is 2.40 bits per heavy atom. The van der Waals surface area contributed by atoms with Crippen LogP contribution in [-0.2, 0) is 14.3 Å². The van der Waals surface area contributed by atoms with Crippen LogP contribution in [0.5, 0.6) is 0 Å². The van der Waals surface area contributed by atoms with Gasteiger partial charge < -0.3 is 15.8 Å². The van der Waals surface area contributed by atoms with E-state index >= 15 is 0 Å². The van der Waals surface area contributed by atoms with E-state index in [4.69, 9.17) is 10.5 Å². The fraction of sp³-hybridized carbons (Fsp3) is 0.333. The Bertz CT molecular complexity index is 337. The van der Waals surface area contributed by atoms with Crippen LogP contribution < -0.4 is 11.1 Å². The zero-order valence-corrected chi connectivity index (χ0v) is 9.04. The molecule has 1 atom stereocenters. The molecule has 0 aromatic carbocycles. The van der Waals surface area contributed by atoms with Crippen LogP contribution in [0.4, 0.5) is 0 Å². The van der Waals surface area contributed by atoms with Gasteiger partial charge in [-0.1, -0.05) is 0 Å². The van der Waals surface area contributed by atoms with Crippen LogP contribution in [-0.4, -0.2) is 25.5 Å². The van der Waals surface area contributed by atoms with Gasteiger partial charge in [0.15, 0.2) is 0 Å². The molecule has 3 N–H and O–H groups in total. The monoisotopic (exact) mass is 228 g/mol. The highest BCUT2D eigenvalue weighted by atomic mass is 32.1. The Morgan fingerprint density at radius 3 is 2.87 bits per heavy atom. The maximum atomic E-state index is 10.9. The Morgan fingerprint density at radius 1 is 1.67 bits per heavy atom. The van der Waals surface area contributed by atoms with Crippen LogP contribution in [0, 0.1) is 0 Å². The fourth-order valence-electron chi connectivity index (χ4n) is 1.07. The summed E-state index contributed by atoms with van der Waals surface area (Å²) in [6.45, 7) is 0.231. The quantitative estimate of drug-likeness (QED) is 0.714. The van der Waals surface area contributed by atoms with Gasteiger partial charge in [0, 0.05) is 13.7 Å². The number of amides is 2. The summed E-state index contributed by atoms with van der Waals surface area (Å²) in [4.78, 5) is 21.4. The van der Waals surface area contributed by atoms with E-state index in [9.17, 15) is 9.59 Å². The molecule has 6 heteroatoms. The summed E-state index contributed by atoms with van der Waals surface area (Å²) in [7, 11) is 1.54. The van der Waals surface area contributed by atoms with Gasteiger partial charge in [0.1, 0.15) is 6.10 Å². The molecule has 0 aliphatic rings. The highest BCUT2D eigenvalue weighted by Gasteiger charge is 2.14. The fourth-order valence-corrected chi connectivity index (χ4v) is 1.77. The summed E-state index contributed by atoms with van der Waals surface area (Å²) in [5, 5.41) is 6.22. The summed E-state index contributed by atoms with van der Waals surface area (Å²) in [5.74, 6) is -1.79. The zero-order valence-electron chi connectivity index (χ0n) is 8.23. The topological polar surface area (TPSA) is 81.4 Å². The Labute approximate surface area is 91.2 Å². The molecule has 1 unspecified atom stereocenters. The van der Waals surface area contributed by atoms with Gasteiger partial charge in [-0.3, -0.25) is 9.59 Å². The average molecular weight is 228 g/mol. The van der Waals surface area contributed by atoms with E-state index in [1.165, 1.54) is 11.3 Å². The van der Waals surface area contributed by atoms with Crippen LogP contribution in [0.2, 0.25) is 0 Å². The number of carbonyl (C=O) groups excluding carboxylic acids is 2. The normalized spacial score (nSPS) is 12.1. The average Bonchev–Trinajstić information content (AvgIpc) is 2.71. The molecule has 0 saturated heterocycles. The van der Waals surface area contributed by atoms with Crippen molar-refractivity contribution in [3.05, 3.63) is 22.4 Å². The highest BCUT2D eigenvalue weighted by molar-refractivity contribution is 7.07. The van der Waals surface area contributed by atoms with Crippen molar-refractivity contribution >= 4 is 23.2 Å². The smallest absolute Gasteiger partial charge is 0.309 e. The van der Waals surface area contributed by atoms with E-state index < -0.39 is 11.8 Å². The van der Waals surface area contributed by atoms with Crippen LogP contribution in [0.3, 0.4) is 0 Å². The molecule has 2 amide bonds. The number of hydrogen-bond donors (Lipinski definition) is 2. The van der Waals surface area contributed by atoms with Crippen molar-refractivity contribution in [1.82, 2.24) is 5.32 Å². The lowest BCUT2D eigenvalue weighted by Crippen LogP contribution is -2.38. The van der Waals surface area contributed by atoms with Crippen LogP contribution in [0.15, 0.2) is 16.8 Å². The molecule has 5 nitrogen and oxygen atoms in total. The van der Waals surface area contributed by atoms with Gasteiger partial charge in [-0.2, -0.15) is 11.3 Å². The molecule has 1 aromatic heterocycles. The van der Waals surface area contributed by atoms with Gasteiger partial charge in [-0.25, -0.2) is 0 Å². The van der Waals surface area contributed by atoms with Gasteiger partial charge in [-0.05, 0) is 22.4 Å². The first-order chi connectivity index (χ1) is 7.15. The second kappa shape index (κ2) is 5.47. The number of methoxy groups -OCH3 is 1. The number of nitrogens with one attached hydrogen (secondary N) is 1. The molecule has 0 spiro atoms. The summed E-state index contributed by atoms with van der Waals surface area (Å²) in [6, 6.07) is 1.90. The molecular formula is C9H12N2O3S. The first-order valence-corrected chi connectivity index (χ1v) is 5.22. The minimum absolute atomic E-state index is 0.231. The third kappa shape index (κ3) is 3.34. The van der Waals surface area contributed by atoms with E-state index in [0.717, 1.165) is 5.56 Å². The van der Waals surface area contributed by atoms with Crippen LogP contribution in [0.25, 0.3) is 0 Å². The first kappa shape index (κ1) is 11.7. The molecule has 15 heavy (non-hydrogen) atoms. The number of nitrogens with two attached hydrogens (primary N) is 1. The van der Waals surface area contributed by atoms with Gasteiger partial charge in [-0.15, -0.1) is 0 Å². The van der Waals surface area contributed by atoms with Gasteiger partial charge in [0.2, 0.25) is 0 Å². The number of primary amides is 1. The predicted molar refractivity (Wildman–Crippen MR) is 56.3 cm³/mol. The number of thiophene rings is 1. The Hall–Kier alpha value is -1.40. The van der Waals surface area contributed by atoms with Gasteiger partial charge >= 0.3 is 11.8 Å². The Balaban J connectivity index is 2.49. The van der Waals surface area contributed by atoms with E-state index in [1.54, 1.807) is 7.11 Å². The zero-order chi connectivity index (χ0) is 11.3. The van der Waals surface area contributed by atoms with E-state index in [-0.39, 0.29) is 12.6 Å². The van der Waals surface area contributed by atoms with Crippen LogP contribution >= 0.6 is 11.3 Å². The van der Waals surface area contributed by atoms with E-state index in [0.29, 0.717) is 0 Å². The first-order valence-electron chi connectivity index (χ1n) is 4.27. The molecule has 0 saturated carbocycles. The van der Waals surface area contributed by atoms with Crippen molar-refractivity contribution in [1.29, 1.82) is 0 Å². The molecule has 1 rings (SSSR count). The van der Waals surface area contributed by atoms with Crippen molar-refractivity contribution in [2.24, 2.45) is 5.73 Å². The maximum Gasteiger partial charge on any atom is 0.309 e. The SMILES string of the molecule is COC(CNC(=O)C(N)=O)c1ccsc1. The summed E-state index contributed by atoms with van der Waals surface area (Å²) in [6.07, 6.45) is -0.250. The van der Waals surface area contributed by atoms with Crippen molar-refractivity contribution in [2.45, 2.75) is 6.10 Å².